The fourth-order valence-corrected chi connectivity index (χ4v) is 2.39. The van der Waals surface area contributed by atoms with Crippen molar-refractivity contribution < 1.29 is 9.84 Å². The summed E-state index contributed by atoms with van der Waals surface area (Å²) in [5.41, 5.74) is 0.183. The van der Waals surface area contributed by atoms with Crippen molar-refractivity contribution in [3.8, 4) is 0 Å². The molecule has 0 aliphatic heterocycles. The van der Waals surface area contributed by atoms with E-state index in [1.165, 1.54) is 25.7 Å². The highest BCUT2D eigenvalue weighted by atomic mass is 16.5. The van der Waals surface area contributed by atoms with E-state index in [1.54, 1.807) is 7.11 Å². The minimum atomic E-state index is 0.183. The number of likely N-dealkylation sites (N-methyl/N-ethyl adjacent to an activating group) is 1. The Kier molecular flexibility index (Phi) is 4.85. The van der Waals surface area contributed by atoms with Crippen molar-refractivity contribution in [2.75, 3.05) is 40.5 Å². The molecule has 0 aromatic rings. The summed E-state index contributed by atoms with van der Waals surface area (Å²) in [6.07, 6.45) is 4.92. The molecule has 1 fully saturated rings. The molecule has 14 heavy (non-hydrogen) atoms. The molecule has 1 saturated carbocycles. The van der Waals surface area contributed by atoms with E-state index >= 15 is 0 Å². The van der Waals surface area contributed by atoms with Crippen molar-refractivity contribution in [1.29, 1.82) is 0 Å². The molecular weight excluding hydrogens is 178 g/mol. The van der Waals surface area contributed by atoms with Crippen LogP contribution >= 0.6 is 0 Å². The molecule has 1 aliphatic rings. The maximum Gasteiger partial charge on any atom is 0.0589 e. The molecule has 1 N–H and O–H groups in total. The Bertz CT molecular complexity index is 155. The SMILES string of the molecule is COCCN(C)CC1(CO)CCCC1. The van der Waals surface area contributed by atoms with Gasteiger partial charge < -0.3 is 14.7 Å². The predicted octanol–water partition coefficient (Wildman–Crippen LogP) is 1.12. The van der Waals surface area contributed by atoms with Crippen LogP contribution in [-0.4, -0.2) is 50.5 Å². The van der Waals surface area contributed by atoms with E-state index < -0.39 is 0 Å². The monoisotopic (exact) mass is 201 g/mol. The second kappa shape index (κ2) is 5.69. The van der Waals surface area contributed by atoms with E-state index in [9.17, 15) is 5.11 Å². The molecule has 1 rings (SSSR count). The van der Waals surface area contributed by atoms with Crippen LogP contribution in [0.4, 0.5) is 0 Å². The maximum absolute atomic E-state index is 9.43. The molecule has 84 valence electrons. The number of hydrogen-bond acceptors (Lipinski definition) is 3. The molecule has 0 aromatic heterocycles. The lowest BCUT2D eigenvalue weighted by molar-refractivity contribution is 0.0752. The maximum atomic E-state index is 9.43. The van der Waals surface area contributed by atoms with E-state index in [-0.39, 0.29) is 5.41 Å². The van der Waals surface area contributed by atoms with Gasteiger partial charge in [0, 0.05) is 32.2 Å². The zero-order valence-electron chi connectivity index (χ0n) is 9.46. The van der Waals surface area contributed by atoms with E-state index in [2.05, 4.69) is 11.9 Å². The number of nitrogens with zero attached hydrogens (tertiary/aromatic N) is 1. The van der Waals surface area contributed by atoms with Crippen LogP contribution in [0.1, 0.15) is 25.7 Å². The first-order valence-electron chi connectivity index (χ1n) is 5.51. The summed E-state index contributed by atoms with van der Waals surface area (Å²) in [6.45, 7) is 3.08. The molecule has 0 spiro atoms. The predicted molar refractivity (Wildman–Crippen MR) is 57.4 cm³/mol. The molecule has 0 radical (unpaired) electrons. The molecule has 1 aliphatic carbocycles. The van der Waals surface area contributed by atoms with Gasteiger partial charge in [-0.15, -0.1) is 0 Å². The van der Waals surface area contributed by atoms with Gasteiger partial charge >= 0.3 is 0 Å². The molecule has 0 atom stereocenters. The Balaban J connectivity index is 2.32. The largest absolute Gasteiger partial charge is 0.396 e. The smallest absolute Gasteiger partial charge is 0.0589 e. The minimum absolute atomic E-state index is 0.183. The number of hydrogen-bond donors (Lipinski definition) is 1. The van der Waals surface area contributed by atoms with Gasteiger partial charge in [0.15, 0.2) is 0 Å². The summed E-state index contributed by atoms with van der Waals surface area (Å²) in [5, 5.41) is 9.43. The van der Waals surface area contributed by atoms with Crippen LogP contribution in [0.15, 0.2) is 0 Å². The highest BCUT2D eigenvalue weighted by molar-refractivity contribution is 4.86. The minimum Gasteiger partial charge on any atom is -0.396 e. The van der Waals surface area contributed by atoms with Crippen LogP contribution in [0.25, 0.3) is 0 Å². The summed E-state index contributed by atoms with van der Waals surface area (Å²) in [4.78, 5) is 2.27. The summed E-state index contributed by atoms with van der Waals surface area (Å²) in [7, 11) is 3.83. The summed E-state index contributed by atoms with van der Waals surface area (Å²) >= 11 is 0. The highest BCUT2D eigenvalue weighted by Gasteiger charge is 2.33. The molecule has 0 aromatic carbocycles. The summed E-state index contributed by atoms with van der Waals surface area (Å²) < 4.78 is 5.04. The van der Waals surface area contributed by atoms with Crippen molar-refractivity contribution in [3.05, 3.63) is 0 Å². The van der Waals surface area contributed by atoms with Crippen molar-refractivity contribution in [2.24, 2.45) is 5.41 Å². The van der Waals surface area contributed by atoms with E-state index in [4.69, 9.17) is 4.74 Å². The molecular formula is C11H23NO2. The van der Waals surface area contributed by atoms with Gasteiger partial charge in [-0.1, -0.05) is 12.8 Å². The van der Waals surface area contributed by atoms with Crippen LogP contribution in [0.2, 0.25) is 0 Å². The van der Waals surface area contributed by atoms with Gasteiger partial charge in [0.25, 0.3) is 0 Å². The Morgan fingerprint density at radius 2 is 2.00 bits per heavy atom. The van der Waals surface area contributed by atoms with Gasteiger partial charge in [-0.2, -0.15) is 0 Å². The topological polar surface area (TPSA) is 32.7 Å². The van der Waals surface area contributed by atoms with Crippen LogP contribution in [0, 0.1) is 5.41 Å². The molecule has 0 heterocycles. The molecule has 3 heteroatoms. The van der Waals surface area contributed by atoms with Crippen LogP contribution in [0.5, 0.6) is 0 Å². The fraction of sp³-hybridized carbons (Fsp3) is 1.00. The summed E-state index contributed by atoms with van der Waals surface area (Å²) in [5.74, 6) is 0. The van der Waals surface area contributed by atoms with Gasteiger partial charge in [0.05, 0.1) is 6.61 Å². The van der Waals surface area contributed by atoms with E-state index in [0.29, 0.717) is 6.61 Å². The van der Waals surface area contributed by atoms with Crippen molar-refractivity contribution in [3.63, 3.8) is 0 Å². The van der Waals surface area contributed by atoms with Gasteiger partial charge in [-0.3, -0.25) is 0 Å². The molecule has 0 amide bonds. The van der Waals surface area contributed by atoms with Gasteiger partial charge in [-0.25, -0.2) is 0 Å². The quantitative estimate of drug-likeness (QED) is 0.699. The molecule has 0 unspecified atom stereocenters. The van der Waals surface area contributed by atoms with E-state index in [1.807, 2.05) is 0 Å². The van der Waals surface area contributed by atoms with Gasteiger partial charge in [-0.05, 0) is 19.9 Å². The Morgan fingerprint density at radius 3 is 2.50 bits per heavy atom. The number of ether oxygens (including phenoxy) is 1. The zero-order chi connectivity index (χ0) is 10.4. The third kappa shape index (κ3) is 3.23. The van der Waals surface area contributed by atoms with Crippen LogP contribution in [0.3, 0.4) is 0 Å². The number of methoxy groups -OCH3 is 1. The average molecular weight is 201 g/mol. The average Bonchev–Trinajstić information content (AvgIpc) is 2.64. The standard InChI is InChI=1S/C11H23NO2/c1-12(7-8-14-2)9-11(10-13)5-3-4-6-11/h13H,3-10H2,1-2H3. The first-order chi connectivity index (χ1) is 6.72. The van der Waals surface area contributed by atoms with Gasteiger partial charge in [0.2, 0.25) is 0 Å². The van der Waals surface area contributed by atoms with Crippen molar-refractivity contribution in [2.45, 2.75) is 25.7 Å². The third-order valence-electron chi connectivity index (χ3n) is 3.28. The lowest BCUT2D eigenvalue weighted by atomic mass is 9.87. The third-order valence-corrected chi connectivity index (χ3v) is 3.28. The second-order valence-corrected chi connectivity index (χ2v) is 4.60. The number of aliphatic hydroxyl groups excluding tert-OH is 1. The Labute approximate surface area is 87.1 Å². The number of aliphatic hydroxyl groups is 1. The first-order valence-corrected chi connectivity index (χ1v) is 5.51. The Morgan fingerprint density at radius 1 is 1.36 bits per heavy atom. The normalized spacial score (nSPS) is 20.6. The highest BCUT2D eigenvalue weighted by Crippen LogP contribution is 2.37. The number of rotatable bonds is 6. The molecule has 3 nitrogen and oxygen atoms in total. The van der Waals surface area contributed by atoms with E-state index in [0.717, 1.165) is 19.7 Å². The molecule has 0 saturated heterocycles. The second-order valence-electron chi connectivity index (χ2n) is 4.60. The first kappa shape index (κ1) is 12.0. The van der Waals surface area contributed by atoms with Crippen molar-refractivity contribution in [1.82, 2.24) is 4.90 Å². The summed E-state index contributed by atoms with van der Waals surface area (Å²) in [6, 6.07) is 0. The van der Waals surface area contributed by atoms with Crippen LogP contribution < -0.4 is 0 Å². The zero-order valence-corrected chi connectivity index (χ0v) is 9.46. The Hall–Kier alpha value is -0.120. The van der Waals surface area contributed by atoms with Crippen LogP contribution in [-0.2, 0) is 4.74 Å². The van der Waals surface area contributed by atoms with Crippen molar-refractivity contribution >= 4 is 0 Å². The fourth-order valence-electron chi connectivity index (χ4n) is 2.39. The lowest BCUT2D eigenvalue weighted by Crippen LogP contribution is -2.37. The lowest BCUT2D eigenvalue weighted by Gasteiger charge is -2.31. The van der Waals surface area contributed by atoms with Gasteiger partial charge in [0.1, 0.15) is 0 Å². The molecule has 0 bridgehead atoms.